The lowest BCUT2D eigenvalue weighted by molar-refractivity contribution is 0.0702. The normalized spacial score (nSPS) is 27.4. The quantitative estimate of drug-likeness (QED) is 0.853. The van der Waals surface area contributed by atoms with Crippen LogP contribution in [-0.4, -0.2) is 30.1 Å². The van der Waals surface area contributed by atoms with Gasteiger partial charge in [0.1, 0.15) is 0 Å². The fourth-order valence-corrected chi connectivity index (χ4v) is 3.87. The molecule has 20 heavy (non-hydrogen) atoms. The van der Waals surface area contributed by atoms with Crippen LogP contribution in [0, 0.1) is 11.8 Å². The number of thiophene rings is 1. The van der Waals surface area contributed by atoms with Crippen LogP contribution in [0.15, 0.2) is 17.5 Å². The molecular weight excluding hydrogens is 264 g/mol. The Morgan fingerprint density at radius 2 is 2.05 bits per heavy atom. The van der Waals surface area contributed by atoms with E-state index in [0.717, 1.165) is 24.9 Å². The van der Waals surface area contributed by atoms with Gasteiger partial charge in [-0.05, 0) is 23.3 Å². The first-order chi connectivity index (χ1) is 9.65. The molecule has 2 heterocycles. The molecule has 2 rings (SSSR count). The number of hydrogen-bond donors (Lipinski definition) is 1. The van der Waals surface area contributed by atoms with Gasteiger partial charge in [0, 0.05) is 36.6 Å². The van der Waals surface area contributed by atoms with Gasteiger partial charge in [-0.3, -0.25) is 4.90 Å². The van der Waals surface area contributed by atoms with Gasteiger partial charge in [-0.25, -0.2) is 0 Å². The third-order valence-corrected chi connectivity index (χ3v) is 5.92. The monoisotopic (exact) mass is 294 g/mol. The van der Waals surface area contributed by atoms with E-state index in [2.05, 4.69) is 55.4 Å². The second-order valence-corrected chi connectivity index (χ2v) is 7.39. The van der Waals surface area contributed by atoms with Crippen LogP contribution >= 0.6 is 11.3 Å². The second kappa shape index (κ2) is 7.58. The Morgan fingerprint density at radius 3 is 2.65 bits per heavy atom. The lowest BCUT2D eigenvalue weighted by atomic mass is 9.90. The van der Waals surface area contributed by atoms with Gasteiger partial charge >= 0.3 is 0 Å². The van der Waals surface area contributed by atoms with Crippen molar-refractivity contribution in [3.05, 3.63) is 22.4 Å². The average molecular weight is 295 g/mol. The van der Waals surface area contributed by atoms with Crippen LogP contribution < -0.4 is 5.32 Å². The fourth-order valence-electron chi connectivity index (χ4n) is 3.14. The average Bonchev–Trinajstić information content (AvgIpc) is 2.98. The summed E-state index contributed by atoms with van der Waals surface area (Å²) in [5.41, 5.74) is 0. The molecule has 0 aliphatic carbocycles. The van der Waals surface area contributed by atoms with Crippen LogP contribution in [0.3, 0.4) is 0 Å². The zero-order chi connectivity index (χ0) is 14.5. The highest BCUT2D eigenvalue weighted by Crippen LogP contribution is 2.24. The van der Waals surface area contributed by atoms with Gasteiger partial charge in [0.2, 0.25) is 0 Å². The molecule has 1 fully saturated rings. The number of piperazine rings is 1. The highest BCUT2D eigenvalue weighted by Gasteiger charge is 2.32. The summed E-state index contributed by atoms with van der Waals surface area (Å²) in [6.07, 6.45) is 2.53. The fraction of sp³-hybridized carbons (Fsp3) is 0.765. The second-order valence-electron chi connectivity index (χ2n) is 6.36. The lowest BCUT2D eigenvalue weighted by Crippen LogP contribution is -2.59. The van der Waals surface area contributed by atoms with Crippen LogP contribution in [0.1, 0.15) is 45.4 Å². The Morgan fingerprint density at radius 1 is 1.30 bits per heavy atom. The number of rotatable bonds is 6. The topological polar surface area (TPSA) is 15.3 Å². The summed E-state index contributed by atoms with van der Waals surface area (Å²) >= 11 is 1.89. The first-order valence-electron chi connectivity index (χ1n) is 8.15. The summed E-state index contributed by atoms with van der Waals surface area (Å²) in [7, 11) is 0. The summed E-state index contributed by atoms with van der Waals surface area (Å²) < 4.78 is 0. The minimum atomic E-state index is 0.653. The maximum atomic E-state index is 3.81. The summed E-state index contributed by atoms with van der Waals surface area (Å²) in [6.45, 7) is 12.9. The molecular formula is C17H30N2S. The van der Waals surface area contributed by atoms with Gasteiger partial charge < -0.3 is 5.32 Å². The molecule has 1 N–H and O–H groups in total. The van der Waals surface area contributed by atoms with Crippen molar-refractivity contribution < 1.29 is 0 Å². The molecule has 1 aliphatic heterocycles. The van der Waals surface area contributed by atoms with Crippen LogP contribution in [0.2, 0.25) is 0 Å². The van der Waals surface area contributed by atoms with Crippen molar-refractivity contribution in [2.24, 2.45) is 11.8 Å². The Kier molecular flexibility index (Phi) is 6.06. The molecule has 0 saturated carbocycles. The molecule has 4 atom stereocenters. The molecule has 3 heteroatoms. The zero-order valence-electron chi connectivity index (χ0n) is 13.4. The van der Waals surface area contributed by atoms with Gasteiger partial charge in [-0.1, -0.05) is 46.6 Å². The molecule has 0 aromatic carbocycles. The first-order valence-corrected chi connectivity index (χ1v) is 9.03. The van der Waals surface area contributed by atoms with E-state index in [1.807, 2.05) is 11.3 Å². The van der Waals surface area contributed by atoms with E-state index in [4.69, 9.17) is 0 Å². The Hall–Kier alpha value is -0.380. The summed E-state index contributed by atoms with van der Waals surface area (Å²) in [5.74, 6) is 1.53. The number of hydrogen-bond acceptors (Lipinski definition) is 3. The maximum Gasteiger partial charge on any atom is 0.0332 e. The molecule has 1 saturated heterocycles. The smallest absolute Gasteiger partial charge is 0.0332 e. The Bertz CT molecular complexity index is 376. The zero-order valence-corrected chi connectivity index (χ0v) is 14.2. The van der Waals surface area contributed by atoms with E-state index in [1.54, 1.807) is 0 Å². The molecule has 2 nitrogen and oxygen atoms in total. The van der Waals surface area contributed by atoms with Crippen molar-refractivity contribution in [2.45, 2.75) is 59.2 Å². The van der Waals surface area contributed by atoms with E-state index in [9.17, 15) is 0 Å². The number of nitrogens with zero attached hydrogens (tertiary/aromatic N) is 1. The van der Waals surface area contributed by atoms with E-state index in [0.29, 0.717) is 12.1 Å². The molecule has 0 radical (unpaired) electrons. The predicted molar refractivity (Wildman–Crippen MR) is 89.2 cm³/mol. The van der Waals surface area contributed by atoms with Crippen LogP contribution in [0.5, 0.6) is 0 Å². The van der Waals surface area contributed by atoms with Gasteiger partial charge in [0.15, 0.2) is 0 Å². The van der Waals surface area contributed by atoms with Crippen molar-refractivity contribution in [1.82, 2.24) is 10.2 Å². The minimum Gasteiger partial charge on any atom is -0.311 e. The van der Waals surface area contributed by atoms with Crippen LogP contribution in [0.25, 0.3) is 0 Å². The van der Waals surface area contributed by atoms with Crippen molar-refractivity contribution >= 4 is 11.3 Å². The minimum absolute atomic E-state index is 0.653. The van der Waals surface area contributed by atoms with Gasteiger partial charge in [-0.2, -0.15) is 0 Å². The first kappa shape index (κ1) is 16.0. The van der Waals surface area contributed by atoms with E-state index < -0.39 is 0 Å². The lowest BCUT2D eigenvalue weighted by Gasteiger charge is -2.44. The number of nitrogens with one attached hydrogen (secondary N) is 1. The maximum absolute atomic E-state index is 3.81. The largest absolute Gasteiger partial charge is 0.311 e. The van der Waals surface area contributed by atoms with Gasteiger partial charge in [0.25, 0.3) is 0 Å². The van der Waals surface area contributed by atoms with Crippen molar-refractivity contribution in [2.75, 3.05) is 13.1 Å². The third kappa shape index (κ3) is 3.84. The summed E-state index contributed by atoms with van der Waals surface area (Å²) in [6, 6.07) is 5.79. The predicted octanol–water partition coefficient (Wildman–Crippen LogP) is 3.98. The van der Waals surface area contributed by atoms with Crippen LogP contribution in [-0.2, 0) is 6.54 Å². The molecule has 0 spiro atoms. The Balaban J connectivity index is 2.06. The molecule has 0 bridgehead atoms. The van der Waals surface area contributed by atoms with E-state index in [1.165, 1.54) is 24.3 Å². The molecule has 0 amide bonds. The highest BCUT2D eigenvalue weighted by atomic mass is 32.1. The van der Waals surface area contributed by atoms with Crippen molar-refractivity contribution in [3.8, 4) is 0 Å². The summed E-state index contributed by atoms with van der Waals surface area (Å²) in [4.78, 5) is 4.23. The van der Waals surface area contributed by atoms with Crippen molar-refractivity contribution in [1.29, 1.82) is 0 Å². The highest BCUT2D eigenvalue weighted by molar-refractivity contribution is 7.09. The summed E-state index contributed by atoms with van der Waals surface area (Å²) in [5, 5.41) is 6.00. The van der Waals surface area contributed by atoms with Gasteiger partial charge in [-0.15, -0.1) is 11.3 Å². The molecule has 1 aliphatic rings. The SMILES string of the molecule is CCC(C)C1CN(Cc2cccs2)C(C(C)CC)CN1. The van der Waals surface area contributed by atoms with Crippen LogP contribution in [0.4, 0.5) is 0 Å². The van der Waals surface area contributed by atoms with E-state index >= 15 is 0 Å². The standard InChI is InChI=1S/C17H30N2S/c1-5-13(3)16-12-19(11-15-8-7-9-20-15)17(10-18-16)14(4)6-2/h7-9,13-14,16-18H,5-6,10-12H2,1-4H3. The third-order valence-electron chi connectivity index (χ3n) is 5.06. The molecule has 114 valence electrons. The molecule has 1 aromatic rings. The van der Waals surface area contributed by atoms with Gasteiger partial charge in [0.05, 0.1) is 0 Å². The van der Waals surface area contributed by atoms with Crippen molar-refractivity contribution in [3.63, 3.8) is 0 Å². The molecule has 4 unspecified atom stereocenters. The Labute approximate surface area is 128 Å². The van der Waals surface area contributed by atoms with E-state index in [-0.39, 0.29) is 0 Å². The molecule has 1 aromatic heterocycles.